The van der Waals surface area contributed by atoms with Crippen LogP contribution in [0.4, 0.5) is 17.1 Å². The maximum atomic E-state index is 11.9. The predicted molar refractivity (Wildman–Crippen MR) is 86.6 cm³/mol. The number of hydrogen-bond donors (Lipinski definition) is 3. The Morgan fingerprint density at radius 1 is 1.00 bits per heavy atom. The number of hydrogen-bond acceptors (Lipinski definition) is 4. The number of anilines is 1. The molecule has 0 aliphatic rings. The monoisotopic (exact) mass is 293 g/mol. The second-order valence-electron chi connectivity index (χ2n) is 4.96. The van der Waals surface area contributed by atoms with Crippen LogP contribution >= 0.6 is 0 Å². The molecule has 6 heteroatoms. The molecule has 4 N–H and O–H groups in total. The summed E-state index contributed by atoms with van der Waals surface area (Å²) in [7, 11) is 0. The van der Waals surface area contributed by atoms with Crippen molar-refractivity contribution in [3.63, 3.8) is 0 Å². The molecule has 0 unspecified atom stereocenters. The Balaban J connectivity index is 1.99. The van der Waals surface area contributed by atoms with Crippen molar-refractivity contribution in [3.05, 3.63) is 64.4 Å². The molecule has 0 amide bonds. The number of nitrogens with one attached hydrogen (secondary N) is 2. The van der Waals surface area contributed by atoms with Gasteiger partial charge in [-0.3, -0.25) is 15.0 Å². The minimum Gasteiger partial charge on any atom is -0.399 e. The van der Waals surface area contributed by atoms with Crippen LogP contribution in [0.1, 0.15) is 5.56 Å². The quantitative estimate of drug-likeness (QED) is 0.507. The van der Waals surface area contributed by atoms with Crippen LogP contribution in [-0.4, -0.2) is 10.2 Å². The lowest BCUT2D eigenvalue weighted by atomic mass is 10.1. The summed E-state index contributed by atoms with van der Waals surface area (Å²) < 4.78 is 0. The number of azo groups is 1. The zero-order valence-corrected chi connectivity index (χ0v) is 12.0. The third-order valence-electron chi connectivity index (χ3n) is 3.22. The second kappa shape index (κ2) is 5.69. The molecule has 6 nitrogen and oxygen atoms in total. The molecule has 110 valence electrons. The van der Waals surface area contributed by atoms with Gasteiger partial charge in [0.25, 0.3) is 5.56 Å². The number of nitrogen functional groups attached to an aromatic ring is 1. The number of aryl methyl sites for hydroxylation is 1. The van der Waals surface area contributed by atoms with Gasteiger partial charge in [0.15, 0.2) is 5.69 Å². The Morgan fingerprint density at radius 2 is 1.77 bits per heavy atom. The van der Waals surface area contributed by atoms with Crippen molar-refractivity contribution in [2.45, 2.75) is 6.92 Å². The SMILES string of the molecule is Cc1cccc(N=Nc2c(-c3ccc(N)cc3)[nH][nH]c2=O)c1. The summed E-state index contributed by atoms with van der Waals surface area (Å²) in [5, 5.41) is 13.6. The number of rotatable bonds is 3. The molecule has 0 spiro atoms. The molecule has 0 aliphatic carbocycles. The van der Waals surface area contributed by atoms with E-state index >= 15 is 0 Å². The third-order valence-corrected chi connectivity index (χ3v) is 3.22. The van der Waals surface area contributed by atoms with E-state index in [1.54, 1.807) is 12.1 Å². The fraction of sp³-hybridized carbons (Fsp3) is 0.0625. The first-order chi connectivity index (χ1) is 10.6. The van der Waals surface area contributed by atoms with Crippen LogP contribution in [0.3, 0.4) is 0 Å². The summed E-state index contributed by atoms with van der Waals surface area (Å²) >= 11 is 0. The summed E-state index contributed by atoms with van der Waals surface area (Å²) in [5.41, 5.74) is 9.43. The summed E-state index contributed by atoms with van der Waals surface area (Å²) in [6.45, 7) is 1.97. The molecule has 22 heavy (non-hydrogen) atoms. The summed E-state index contributed by atoms with van der Waals surface area (Å²) in [4.78, 5) is 11.9. The Hall–Kier alpha value is -3.15. The molecule has 3 aromatic rings. The predicted octanol–water partition coefficient (Wildman–Crippen LogP) is 3.68. The van der Waals surface area contributed by atoms with Crippen molar-refractivity contribution in [3.8, 4) is 11.3 Å². The van der Waals surface area contributed by atoms with Gasteiger partial charge in [0, 0.05) is 11.3 Å². The molecule has 0 saturated carbocycles. The highest BCUT2D eigenvalue weighted by Crippen LogP contribution is 2.27. The summed E-state index contributed by atoms with van der Waals surface area (Å²) in [5.74, 6) is 0. The van der Waals surface area contributed by atoms with Crippen LogP contribution in [0.5, 0.6) is 0 Å². The molecule has 0 saturated heterocycles. The van der Waals surface area contributed by atoms with Crippen LogP contribution in [0.2, 0.25) is 0 Å². The Morgan fingerprint density at radius 3 is 2.50 bits per heavy atom. The zero-order chi connectivity index (χ0) is 15.5. The van der Waals surface area contributed by atoms with Crippen LogP contribution < -0.4 is 11.3 Å². The maximum absolute atomic E-state index is 11.9. The van der Waals surface area contributed by atoms with Crippen LogP contribution in [0.25, 0.3) is 11.3 Å². The minimum atomic E-state index is -0.316. The van der Waals surface area contributed by atoms with Gasteiger partial charge in [-0.25, -0.2) is 0 Å². The van der Waals surface area contributed by atoms with E-state index in [-0.39, 0.29) is 11.2 Å². The maximum Gasteiger partial charge on any atom is 0.292 e. The minimum absolute atomic E-state index is 0.242. The zero-order valence-electron chi connectivity index (χ0n) is 12.0. The highest BCUT2D eigenvalue weighted by Gasteiger charge is 2.11. The lowest BCUT2D eigenvalue weighted by Gasteiger charge is -1.99. The fourth-order valence-electron chi connectivity index (χ4n) is 2.10. The number of H-pyrrole nitrogens is 2. The van der Waals surface area contributed by atoms with Crippen LogP contribution in [-0.2, 0) is 0 Å². The van der Waals surface area contributed by atoms with Gasteiger partial charge in [0.2, 0.25) is 0 Å². The first-order valence-corrected chi connectivity index (χ1v) is 6.78. The van der Waals surface area contributed by atoms with Crippen molar-refractivity contribution < 1.29 is 0 Å². The molecule has 2 aromatic carbocycles. The van der Waals surface area contributed by atoms with E-state index in [9.17, 15) is 4.79 Å². The number of aromatic nitrogens is 2. The third kappa shape index (κ3) is 2.80. The lowest BCUT2D eigenvalue weighted by Crippen LogP contribution is -1.96. The van der Waals surface area contributed by atoms with Crippen molar-refractivity contribution >= 4 is 17.1 Å². The smallest absolute Gasteiger partial charge is 0.292 e. The first-order valence-electron chi connectivity index (χ1n) is 6.78. The van der Waals surface area contributed by atoms with E-state index < -0.39 is 0 Å². The Kier molecular flexibility index (Phi) is 3.57. The average Bonchev–Trinajstić information content (AvgIpc) is 2.87. The van der Waals surface area contributed by atoms with Gasteiger partial charge in [-0.15, -0.1) is 5.11 Å². The van der Waals surface area contributed by atoms with E-state index in [4.69, 9.17) is 5.73 Å². The van der Waals surface area contributed by atoms with Crippen molar-refractivity contribution in [2.75, 3.05) is 5.73 Å². The lowest BCUT2D eigenvalue weighted by molar-refractivity contribution is 1.06. The van der Waals surface area contributed by atoms with Gasteiger partial charge >= 0.3 is 0 Å². The number of nitrogens with zero attached hydrogens (tertiary/aromatic N) is 2. The van der Waals surface area contributed by atoms with Crippen LogP contribution in [0, 0.1) is 6.92 Å². The molecular weight excluding hydrogens is 278 g/mol. The molecule has 0 fully saturated rings. The highest BCUT2D eigenvalue weighted by atomic mass is 16.1. The highest BCUT2D eigenvalue weighted by molar-refractivity contribution is 5.72. The molecule has 0 radical (unpaired) electrons. The molecule has 0 bridgehead atoms. The molecule has 1 heterocycles. The van der Waals surface area contributed by atoms with Gasteiger partial charge in [-0.05, 0) is 36.8 Å². The summed E-state index contributed by atoms with van der Waals surface area (Å²) in [6, 6.07) is 14.8. The number of nitrogens with two attached hydrogens (primary N) is 1. The van der Waals surface area contributed by atoms with E-state index in [1.807, 2.05) is 43.3 Å². The molecular formula is C16H15N5O. The first kappa shape index (κ1) is 13.8. The normalized spacial score (nSPS) is 11.1. The van der Waals surface area contributed by atoms with E-state index in [0.717, 1.165) is 11.1 Å². The Bertz CT molecular complexity index is 874. The molecule has 3 rings (SSSR count). The topological polar surface area (TPSA) is 99.4 Å². The van der Waals surface area contributed by atoms with Gasteiger partial charge in [0.05, 0.1) is 11.4 Å². The fourth-order valence-corrected chi connectivity index (χ4v) is 2.10. The van der Waals surface area contributed by atoms with Gasteiger partial charge in [0.1, 0.15) is 0 Å². The number of aromatic amines is 2. The summed E-state index contributed by atoms with van der Waals surface area (Å²) in [6.07, 6.45) is 0. The van der Waals surface area contributed by atoms with E-state index in [1.165, 1.54) is 0 Å². The van der Waals surface area contributed by atoms with Crippen molar-refractivity contribution in [2.24, 2.45) is 10.2 Å². The van der Waals surface area contributed by atoms with Crippen LogP contribution in [0.15, 0.2) is 63.6 Å². The molecule has 0 atom stereocenters. The van der Waals surface area contributed by atoms with Gasteiger partial charge in [-0.2, -0.15) is 5.11 Å². The van der Waals surface area contributed by atoms with Gasteiger partial charge in [-0.1, -0.05) is 24.3 Å². The average molecular weight is 293 g/mol. The van der Waals surface area contributed by atoms with Crippen molar-refractivity contribution in [1.82, 2.24) is 10.2 Å². The van der Waals surface area contributed by atoms with E-state index in [2.05, 4.69) is 20.4 Å². The second-order valence-corrected chi connectivity index (χ2v) is 4.96. The molecule has 0 aliphatic heterocycles. The van der Waals surface area contributed by atoms with E-state index in [0.29, 0.717) is 17.1 Å². The van der Waals surface area contributed by atoms with Crippen molar-refractivity contribution in [1.29, 1.82) is 0 Å². The molecule has 1 aromatic heterocycles. The number of benzene rings is 2. The Labute approximate surface area is 126 Å². The largest absolute Gasteiger partial charge is 0.399 e. The standard InChI is InChI=1S/C16H15N5O/c1-10-3-2-4-13(9-10)18-20-15-14(19-21-16(15)22)11-5-7-12(17)8-6-11/h2-9H,17H2,1H3,(H2,19,21,22). The van der Waals surface area contributed by atoms with Gasteiger partial charge < -0.3 is 5.73 Å².